The van der Waals surface area contributed by atoms with Gasteiger partial charge in [-0.25, -0.2) is 9.67 Å². The van der Waals surface area contributed by atoms with Gasteiger partial charge >= 0.3 is 0 Å². The molecule has 0 aromatic carbocycles. The van der Waals surface area contributed by atoms with E-state index in [0.717, 1.165) is 31.5 Å². The van der Waals surface area contributed by atoms with Gasteiger partial charge in [0, 0.05) is 24.5 Å². The molecule has 8 heteroatoms. The smallest absolute Gasteiger partial charge is 0.297 e. The van der Waals surface area contributed by atoms with Crippen molar-refractivity contribution in [2.24, 2.45) is 0 Å². The molecule has 3 aromatic rings. The first-order valence-corrected chi connectivity index (χ1v) is 7.26. The van der Waals surface area contributed by atoms with Crippen LogP contribution in [0.1, 0.15) is 18.9 Å². The van der Waals surface area contributed by atoms with E-state index in [1.807, 2.05) is 16.8 Å². The minimum Gasteiger partial charge on any atom is -0.330 e. The maximum absolute atomic E-state index is 5.26. The first-order valence-electron chi connectivity index (χ1n) is 7.26. The van der Waals surface area contributed by atoms with Crippen molar-refractivity contribution in [3.8, 4) is 23.1 Å². The SMILES string of the molecule is c1cncc(-c2noc(-c3ncn(C4CCCNC4)n3)n2)c1. The number of nitrogens with zero attached hydrogens (tertiary/aromatic N) is 6. The summed E-state index contributed by atoms with van der Waals surface area (Å²) in [6, 6.07) is 4.03. The molecule has 1 aliphatic rings. The second kappa shape index (κ2) is 5.64. The highest BCUT2D eigenvalue weighted by molar-refractivity contribution is 5.54. The highest BCUT2D eigenvalue weighted by Gasteiger charge is 2.19. The molecule has 8 nitrogen and oxygen atoms in total. The van der Waals surface area contributed by atoms with Crippen LogP contribution in [0.25, 0.3) is 23.1 Å². The van der Waals surface area contributed by atoms with Crippen molar-refractivity contribution in [1.82, 2.24) is 35.2 Å². The summed E-state index contributed by atoms with van der Waals surface area (Å²) < 4.78 is 7.13. The Morgan fingerprint density at radius 3 is 3.14 bits per heavy atom. The van der Waals surface area contributed by atoms with Gasteiger partial charge in [-0.2, -0.15) is 4.98 Å². The van der Waals surface area contributed by atoms with Gasteiger partial charge in [0.2, 0.25) is 11.6 Å². The first-order chi connectivity index (χ1) is 10.9. The molecular weight excluding hydrogens is 282 g/mol. The third kappa shape index (κ3) is 2.48. The summed E-state index contributed by atoms with van der Waals surface area (Å²) in [6.07, 6.45) is 7.35. The van der Waals surface area contributed by atoms with Crippen molar-refractivity contribution in [3.05, 3.63) is 30.9 Å². The normalized spacial score (nSPS) is 18.5. The lowest BCUT2D eigenvalue weighted by molar-refractivity contribution is 0.345. The zero-order valence-electron chi connectivity index (χ0n) is 11.9. The quantitative estimate of drug-likeness (QED) is 0.778. The van der Waals surface area contributed by atoms with Crippen molar-refractivity contribution < 1.29 is 4.52 Å². The largest absolute Gasteiger partial charge is 0.330 e. The maximum Gasteiger partial charge on any atom is 0.297 e. The zero-order chi connectivity index (χ0) is 14.8. The third-order valence-corrected chi connectivity index (χ3v) is 3.69. The Morgan fingerprint density at radius 1 is 1.32 bits per heavy atom. The molecule has 1 aliphatic heterocycles. The van der Waals surface area contributed by atoms with Gasteiger partial charge in [0.25, 0.3) is 5.89 Å². The van der Waals surface area contributed by atoms with Crippen LogP contribution in [0.15, 0.2) is 35.4 Å². The average molecular weight is 297 g/mol. The lowest BCUT2D eigenvalue weighted by Crippen LogP contribution is -2.31. The lowest BCUT2D eigenvalue weighted by atomic mass is 10.1. The molecule has 0 bridgehead atoms. The summed E-state index contributed by atoms with van der Waals surface area (Å²) in [5, 5.41) is 11.8. The standard InChI is InChI=1S/C14H15N7O/c1-3-10(7-15-5-1)12-18-14(22-20-12)13-17-9-21(19-13)11-4-2-6-16-8-11/h1,3,5,7,9,11,16H,2,4,6,8H2. The summed E-state index contributed by atoms with van der Waals surface area (Å²) in [5.41, 5.74) is 0.799. The fourth-order valence-corrected chi connectivity index (χ4v) is 2.53. The molecular formula is C14H15N7O. The second-order valence-electron chi connectivity index (χ2n) is 5.21. The average Bonchev–Trinajstić information content (AvgIpc) is 3.26. The van der Waals surface area contributed by atoms with E-state index in [1.165, 1.54) is 0 Å². The highest BCUT2D eigenvalue weighted by atomic mass is 16.5. The van der Waals surface area contributed by atoms with Gasteiger partial charge < -0.3 is 9.84 Å². The van der Waals surface area contributed by atoms with Gasteiger partial charge in [-0.05, 0) is 31.5 Å². The second-order valence-corrected chi connectivity index (χ2v) is 5.21. The molecule has 0 saturated carbocycles. The summed E-state index contributed by atoms with van der Waals surface area (Å²) in [7, 11) is 0. The number of hydrogen-bond donors (Lipinski definition) is 1. The fraction of sp³-hybridized carbons (Fsp3) is 0.357. The number of pyridine rings is 1. The maximum atomic E-state index is 5.26. The topological polar surface area (TPSA) is 94.5 Å². The number of piperidine rings is 1. The van der Waals surface area contributed by atoms with E-state index in [2.05, 4.69) is 30.5 Å². The molecule has 112 valence electrons. The number of rotatable bonds is 3. The van der Waals surface area contributed by atoms with E-state index in [4.69, 9.17) is 4.52 Å². The van der Waals surface area contributed by atoms with Gasteiger partial charge in [0.05, 0.1) is 6.04 Å². The molecule has 1 saturated heterocycles. The molecule has 4 heterocycles. The predicted octanol–water partition coefficient (Wildman–Crippen LogP) is 1.31. The minimum atomic E-state index is 0.321. The molecule has 0 amide bonds. The third-order valence-electron chi connectivity index (χ3n) is 3.69. The minimum absolute atomic E-state index is 0.321. The Labute approximate surface area is 126 Å². The number of nitrogens with one attached hydrogen (secondary N) is 1. The van der Waals surface area contributed by atoms with Gasteiger partial charge in [0.1, 0.15) is 6.33 Å². The fourth-order valence-electron chi connectivity index (χ4n) is 2.53. The summed E-state index contributed by atoms with van der Waals surface area (Å²) >= 11 is 0. The summed E-state index contributed by atoms with van der Waals surface area (Å²) in [5.74, 6) is 1.26. The van der Waals surface area contributed by atoms with Crippen molar-refractivity contribution in [2.75, 3.05) is 13.1 Å². The van der Waals surface area contributed by atoms with E-state index >= 15 is 0 Å². The van der Waals surface area contributed by atoms with Crippen LogP contribution in [-0.4, -0.2) is 43.0 Å². The van der Waals surface area contributed by atoms with Crippen LogP contribution >= 0.6 is 0 Å². The molecule has 1 N–H and O–H groups in total. The molecule has 1 fully saturated rings. The molecule has 3 aromatic heterocycles. The Morgan fingerprint density at radius 2 is 2.32 bits per heavy atom. The van der Waals surface area contributed by atoms with Gasteiger partial charge in [0.15, 0.2) is 0 Å². The molecule has 0 aliphatic carbocycles. The Bertz CT molecular complexity index is 745. The molecule has 0 radical (unpaired) electrons. The summed E-state index contributed by atoms with van der Waals surface area (Å²) in [6.45, 7) is 1.98. The van der Waals surface area contributed by atoms with Crippen molar-refractivity contribution in [2.45, 2.75) is 18.9 Å². The Balaban J connectivity index is 1.58. The van der Waals surface area contributed by atoms with Crippen LogP contribution in [0.4, 0.5) is 0 Å². The van der Waals surface area contributed by atoms with Crippen LogP contribution in [0, 0.1) is 0 Å². The van der Waals surface area contributed by atoms with Crippen LogP contribution in [-0.2, 0) is 0 Å². The van der Waals surface area contributed by atoms with E-state index in [-0.39, 0.29) is 0 Å². The van der Waals surface area contributed by atoms with Gasteiger partial charge in [-0.15, -0.1) is 5.10 Å². The van der Waals surface area contributed by atoms with Crippen LogP contribution in [0.2, 0.25) is 0 Å². The van der Waals surface area contributed by atoms with E-state index in [1.54, 1.807) is 18.7 Å². The Kier molecular flexibility index (Phi) is 3.36. The molecule has 1 unspecified atom stereocenters. The highest BCUT2D eigenvalue weighted by Crippen LogP contribution is 2.20. The van der Waals surface area contributed by atoms with Crippen LogP contribution < -0.4 is 5.32 Å². The molecule has 0 spiro atoms. The molecule has 4 rings (SSSR count). The predicted molar refractivity (Wildman–Crippen MR) is 77.7 cm³/mol. The Hall–Kier alpha value is -2.61. The molecule has 1 atom stereocenters. The van der Waals surface area contributed by atoms with Crippen LogP contribution in [0.3, 0.4) is 0 Å². The molecule has 22 heavy (non-hydrogen) atoms. The first kappa shape index (κ1) is 13.1. The van der Waals surface area contributed by atoms with E-state index in [0.29, 0.717) is 23.6 Å². The summed E-state index contributed by atoms with van der Waals surface area (Å²) in [4.78, 5) is 12.7. The van der Waals surface area contributed by atoms with Crippen LogP contribution in [0.5, 0.6) is 0 Å². The van der Waals surface area contributed by atoms with Crippen molar-refractivity contribution in [3.63, 3.8) is 0 Å². The van der Waals surface area contributed by atoms with Crippen molar-refractivity contribution in [1.29, 1.82) is 0 Å². The number of hydrogen-bond acceptors (Lipinski definition) is 7. The number of aromatic nitrogens is 6. The van der Waals surface area contributed by atoms with E-state index < -0.39 is 0 Å². The van der Waals surface area contributed by atoms with E-state index in [9.17, 15) is 0 Å². The zero-order valence-corrected chi connectivity index (χ0v) is 11.9. The van der Waals surface area contributed by atoms with Gasteiger partial charge in [-0.3, -0.25) is 4.98 Å². The van der Waals surface area contributed by atoms with Crippen molar-refractivity contribution >= 4 is 0 Å². The lowest BCUT2D eigenvalue weighted by Gasteiger charge is -2.22. The van der Waals surface area contributed by atoms with Gasteiger partial charge in [-0.1, -0.05) is 5.16 Å². The monoisotopic (exact) mass is 297 g/mol.